The zero-order valence-corrected chi connectivity index (χ0v) is 11.3. The molecule has 2 aromatic carbocycles. The fourth-order valence-electron chi connectivity index (χ4n) is 1.81. The summed E-state index contributed by atoms with van der Waals surface area (Å²) in [6, 6.07) is 18.2. The average Bonchev–Trinajstić information content (AvgIpc) is 2.53. The van der Waals surface area contributed by atoms with Gasteiger partial charge in [0.15, 0.2) is 5.78 Å². The quantitative estimate of drug-likeness (QED) is 0.475. The lowest BCUT2D eigenvalue weighted by Gasteiger charge is -2.10. The summed E-state index contributed by atoms with van der Waals surface area (Å²) < 4.78 is 5.17. The maximum Gasteiger partial charge on any atom is 0.316 e. The van der Waals surface area contributed by atoms with Crippen LogP contribution in [0.5, 0.6) is 0 Å². The van der Waals surface area contributed by atoms with E-state index in [0.29, 0.717) is 5.56 Å². The molecule has 3 heteroatoms. The Kier molecular flexibility index (Phi) is 4.66. The lowest BCUT2D eigenvalue weighted by Crippen LogP contribution is -2.23. The molecule has 2 aromatic rings. The summed E-state index contributed by atoms with van der Waals surface area (Å²) in [5.74, 6) is -1.51. The molecule has 0 aliphatic heterocycles. The van der Waals surface area contributed by atoms with E-state index in [4.69, 9.17) is 4.74 Å². The van der Waals surface area contributed by atoms with Gasteiger partial charge in [0.1, 0.15) is 12.5 Å². The van der Waals surface area contributed by atoms with Gasteiger partial charge < -0.3 is 4.74 Å². The van der Waals surface area contributed by atoms with Crippen LogP contribution in [0.4, 0.5) is 0 Å². The van der Waals surface area contributed by atoms with Crippen molar-refractivity contribution in [1.29, 1.82) is 0 Å². The number of carbonyl (C=O) groups is 2. The van der Waals surface area contributed by atoms with Gasteiger partial charge in [0.2, 0.25) is 0 Å². The van der Waals surface area contributed by atoms with Crippen LogP contribution < -0.4 is 0 Å². The number of benzene rings is 2. The SMILES string of the molecule is CC(C(=O)OCc1ccccc1)C(=O)c1ccccc1. The van der Waals surface area contributed by atoms with Gasteiger partial charge in [-0.2, -0.15) is 0 Å². The molecule has 0 saturated carbocycles. The molecule has 3 nitrogen and oxygen atoms in total. The van der Waals surface area contributed by atoms with E-state index in [-0.39, 0.29) is 12.4 Å². The highest BCUT2D eigenvalue weighted by molar-refractivity contribution is 6.08. The first-order chi connectivity index (χ1) is 9.68. The van der Waals surface area contributed by atoms with Crippen LogP contribution >= 0.6 is 0 Å². The Morgan fingerprint density at radius 2 is 1.50 bits per heavy atom. The smallest absolute Gasteiger partial charge is 0.316 e. The molecule has 1 atom stereocenters. The van der Waals surface area contributed by atoms with E-state index in [0.717, 1.165) is 5.56 Å². The molecule has 0 aliphatic carbocycles. The molecule has 0 radical (unpaired) electrons. The number of hydrogen-bond donors (Lipinski definition) is 0. The first-order valence-corrected chi connectivity index (χ1v) is 6.48. The minimum absolute atomic E-state index is 0.187. The van der Waals surface area contributed by atoms with Crippen molar-refractivity contribution in [2.75, 3.05) is 0 Å². The van der Waals surface area contributed by atoms with E-state index in [1.165, 1.54) is 0 Å². The predicted octanol–water partition coefficient (Wildman–Crippen LogP) is 3.25. The maximum atomic E-state index is 12.1. The normalized spacial score (nSPS) is 11.7. The number of ether oxygens (including phenoxy) is 1. The number of Topliss-reactive ketones (excluding diaryl/α,β-unsaturated/α-hetero) is 1. The highest BCUT2D eigenvalue weighted by Gasteiger charge is 2.23. The Morgan fingerprint density at radius 3 is 2.10 bits per heavy atom. The lowest BCUT2D eigenvalue weighted by molar-refractivity contribution is -0.147. The van der Waals surface area contributed by atoms with Gasteiger partial charge in [-0.25, -0.2) is 0 Å². The fraction of sp³-hybridized carbons (Fsp3) is 0.176. The summed E-state index contributed by atoms with van der Waals surface area (Å²) in [4.78, 5) is 24.0. The second kappa shape index (κ2) is 6.66. The fourth-order valence-corrected chi connectivity index (χ4v) is 1.81. The maximum absolute atomic E-state index is 12.1. The average molecular weight is 268 g/mol. The van der Waals surface area contributed by atoms with Gasteiger partial charge in [-0.05, 0) is 12.5 Å². The van der Waals surface area contributed by atoms with Gasteiger partial charge in [-0.1, -0.05) is 60.7 Å². The Morgan fingerprint density at radius 1 is 0.950 bits per heavy atom. The lowest BCUT2D eigenvalue weighted by atomic mass is 10.00. The van der Waals surface area contributed by atoms with Gasteiger partial charge >= 0.3 is 5.97 Å². The van der Waals surface area contributed by atoms with E-state index in [9.17, 15) is 9.59 Å². The Bertz CT molecular complexity index is 576. The molecule has 102 valence electrons. The molecular weight excluding hydrogens is 252 g/mol. The van der Waals surface area contributed by atoms with Crippen molar-refractivity contribution in [3.8, 4) is 0 Å². The van der Waals surface area contributed by atoms with Crippen molar-refractivity contribution in [2.45, 2.75) is 13.5 Å². The number of ketones is 1. The van der Waals surface area contributed by atoms with Crippen molar-refractivity contribution in [2.24, 2.45) is 5.92 Å². The summed E-state index contributed by atoms with van der Waals surface area (Å²) in [5, 5.41) is 0. The molecule has 0 saturated heterocycles. The Balaban J connectivity index is 1.94. The highest BCUT2D eigenvalue weighted by atomic mass is 16.5. The number of hydrogen-bond acceptors (Lipinski definition) is 3. The van der Waals surface area contributed by atoms with Gasteiger partial charge in [-0.3, -0.25) is 9.59 Å². The van der Waals surface area contributed by atoms with Crippen LogP contribution in [0, 0.1) is 5.92 Å². The van der Waals surface area contributed by atoms with Crippen LogP contribution in [0.2, 0.25) is 0 Å². The second-order valence-corrected chi connectivity index (χ2v) is 4.55. The van der Waals surface area contributed by atoms with E-state index < -0.39 is 11.9 Å². The third kappa shape index (κ3) is 3.54. The summed E-state index contributed by atoms with van der Waals surface area (Å²) in [5.41, 5.74) is 1.43. The van der Waals surface area contributed by atoms with Crippen LogP contribution in [0.3, 0.4) is 0 Å². The van der Waals surface area contributed by atoms with Crippen LogP contribution in [0.1, 0.15) is 22.8 Å². The van der Waals surface area contributed by atoms with Crippen molar-refractivity contribution in [1.82, 2.24) is 0 Å². The molecule has 0 fully saturated rings. The third-order valence-corrected chi connectivity index (χ3v) is 3.03. The van der Waals surface area contributed by atoms with Crippen molar-refractivity contribution < 1.29 is 14.3 Å². The predicted molar refractivity (Wildman–Crippen MR) is 76.2 cm³/mol. The molecule has 20 heavy (non-hydrogen) atoms. The first kappa shape index (κ1) is 14.0. The summed E-state index contributed by atoms with van der Waals surface area (Å²) in [6.07, 6.45) is 0. The Labute approximate surface area is 118 Å². The van der Waals surface area contributed by atoms with Crippen LogP contribution in [0.25, 0.3) is 0 Å². The molecule has 1 unspecified atom stereocenters. The highest BCUT2D eigenvalue weighted by Crippen LogP contribution is 2.11. The monoisotopic (exact) mass is 268 g/mol. The Hall–Kier alpha value is -2.42. The van der Waals surface area contributed by atoms with Gasteiger partial charge in [0.25, 0.3) is 0 Å². The molecule has 0 aliphatic rings. The van der Waals surface area contributed by atoms with Crippen LogP contribution in [-0.4, -0.2) is 11.8 Å². The first-order valence-electron chi connectivity index (χ1n) is 6.48. The number of rotatable bonds is 5. The van der Waals surface area contributed by atoms with Gasteiger partial charge in [0, 0.05) is 5.56 Å². The van der Waals surface area contributed by atoms with E-state index in [2.05, 4.69) is 0 Å². The molecular formula is C17H16O3. The van der Waals surface area contributed by atoms with Crippen molar-refractivity contribution >= 4 is 11.8 Å². The topological polar surface area (TPSA) is 43.4 Å². The van der Waals surface area contributed by atoms with Gasteiger partial charge in [0.05, 0.1) is 0 Å². The molecule has 0 heterocycles. The number of carbonyl (C=O) groups excluding carboxylic acids is 2. The van der Waals surface area contributed by atoms with E-state index >= 15 is 0 Å². The minimum Gasteiger partial charge on any atom is -0.460 e. The van der Waals surface area contributed by atoms with E-state index in [1.807, 2.05) is 36.4 Å². The molecule has 2 rings (SSSR count). The van der Waals surface area contributed by atoms with Crippen molar-refractivity contribution in [3.05, 3.63) is 71.8 Å². The molecule has 0 amide bonds. The summed E-state index contributed by atoms with van der Waals surface area (Å²) >= 11 is 0. The van der Waals surface area contributed by atoms with Crippen LogP contribution in [0.15, 0.2) is 60.7 Å². The number of esters is 1. The van der Waals surface area contributed by atoms with Gasteiger partial charge in [-0.15, -0.1) is 0 Å². The molecule has 0 bridgehead atoms. The standard InChI is InChI=1S/C17H16O3/c1-13(16(18)15-10-6-3-7-11-15)17(19)20-12-14-8-4-2-5-9-14/h2-11,13H,12H2,1H3. The van der Waals surface area contributed by atoms with E-state index in [1.54, 1.807) is 31.2 Å². The zero-order valence-electron chi connectivity index (χ0n) is 11.3. The van der Waals surface area contributed by atoms with Crippen molar-refractivity contribution in [3.63, 3.8) is 0 Å². The summed E-state index contributed by atoms with van der Waals surface area (Å²) in [7, 11) is 0. The largest absolute Gasteiger partial charge is 0.460 e. The summed E-state index contributed by atoms with van der Waals surface area (Å²) in [6.45, 7) is 1.76. The molecule has 0 aromatic heterocycles. The minimum atomic E-state index is -0.791. The third-order valence-electron chi connectivity index (χ3n) is 3.03. The zero-order chi connectivity index (χ0) is 14.4. The molecule has 0 N–H and O–H groups in total. The molecule has 0 spiro atoms. The second-order valence-electron chi connectivity index (χ2n) is 4.55. The van der Waals surface area contributed by atoms with Crippen LogP contribution in [-0.2, 0) is 16.1 Å².